The van der Waals surface area contributed by atoms with Crippen molar-refractivity contribution in [2.24, 2.45) is 62.3 Å². The van der Waals surface area contributed by atoms with E-state index < -0.39 is 0 Å². The van der Waals surface area contributed by atoms with Gasteiger partial charge in [-0.2, -0.15) is 4.59 Å². The summed E-state index contributed by atoms with van der Waals surface area (Å²) in [5, 5.41) is 9.49. The first kappa shape index (κ1) is 40.8. The lowest BCUT2D eigenvalue weighted by atomic mass is 9.31. The van der Waals surface area contributed by atoms with Gasteiger partial charge in [0.15, 0.2) is 5.70 Å². The quantitative estimate of drug-likeness (QED) is 0.209. The first-order valence-electron chi connectivity index (χ1n) is 24.0. The highest BCUT2D eigenvalue weighted by Crippen LogP contribution is 2.81. The molecule has 5 aliphatic carbocycles. The number of quaternary nitrogens is 1. The van der Waals surface area contributed by atoms with E-state index in [0.717, 1.165) is 64.8 Å². The fraction of sp³-hybridized carbons (Fsp3) is 0.750. The molecule has 6 fully saturated rings. The number of nitrogens with zero attached hydrogens (tertiary/aromatic N) is 2. The number of likely N-dealkylation sites (N-methyl/N-ethyl adjacent to an activating group) is 2. The molecule has 0 aromatic heterocycles. The third kappa shape index (κ3) is 5.39. The second-order valence-electron chi connectivity index (χ2n) is 22.3. The SMILES string of the molecule is CNC1(COC2C([N+]3(C)N=CCCCC=C3c3ccccc3)C(C)CC34C5=CCC67C=C8OC(C(C)C(C)C)(CCC6(C)C5CCC3C2(C)COC4C)C87)CCOCC1. The van der Waals surface area contributed by atoms with E-state index in [0.29, 0.717) is 46.7 Å². The Morgan fingerprint density at radius 3 is 2.49 bits per heavy atom. The first-order valence-corrected chi connectivity index (χ1v) is 24.0. The van der Waals surface area contributed by atoms with Crippen LogP contribution in [0.1, 0.15) is 125 Å². The summed E-state index contributed by atoms with van der Waals surface area (Å²) in [7, 11) is 4.55. The van der Waals surface area contributed by atoms with Gasteiger partial charge in [0.05, 0.1) is 38.5 Å². The molecule has 3 saturated heterocycles. The molecule has 0 amide bonds. The summed E-state index contributed by atoms with van der Waals surface area (Å²) in [5.74, 6) is 4.38. The van der Waals surface area contributed by atoms with Crippen LogP contribution in [0, 0.1) is 57.2 Å². The van der Waals surface area contributed by atoms with Crippen molar-refractivity contribution in [3.63, 3.8) is 0 Å². The molecule has 3 saturated carbocycles. The minimum Gasteiger partial charge on any atom is -0.490 e. The summed E-state index contributed by atoms with van der Waals surface area (Å²) >= 11 is 0. The van der Waals surface area contributed by atoms with Crippen LogP contribution >= 0.6 is 0 Å². The van der Waals surface area contributed by atoms with E-state index in [1.165, 1.54) is 42.7 Å². The monoisotopic (exact) mass is 807 g/mol. The van der Waals surface area contributed by atoms with Crippen LogP contribution in [0.4, 0.5) is 0 Å². The molecule has 7 heteroatoms. The first-order chi connectivity index (χ1) is 28.3. The van der Waals surface area contributed by atoms with Crippen molar-refractivity contribution >= 4 is 11.9 Å². The molecule has 14 atom stereocenters. The summed E-state index contributed by atoms with van der Waals surface area (Å²) in [6, 6.07) is 11.2. The Balaban J connectivity index is 1.11. The Morgan fingerprint density at radius 2 is 1.76 bits per heavy atom. The molecule has 4 aliphatic heterocycles. The van der Waals surface area contributed by atoms with Crippen LogP contribution in [-0.2, 0) is 18.9 Å². The van der Waals surface area contributed by atoms with Gasteiger partial charge in [0.1, 0.15) is 23.5 Å². The summed E-state index contributed by atoms with van der Waals surface area (Å²) < 4.78 is 28.5. The highest BCUT2D eigenvalue weighted by Gasteiger charge is 2.80. The Morgan fingerprint density at radius 1 is 0.983 bits per heavy atom. The predicted molar refractivity (Wildman–Crippen MR) is 236 cm³/mol. The predicted octanol–water partition coefficient (Wildman–Crippen LogP) is 10.3. The number of fused-ring (bicyclic) bond motifs is 2. The van der Waals surface area contributed by atoms with E-state index in [2.05, 4.69) is 123 Å². The van der Waals surface area contributed by atoms with Gasteiger partial charge in [-0.3, -0.25) is 0 Å². The summed E-state index contributed by atoms with van der Waals surface area (Å²) in [4.78, 5) is 0. The van der Waals surface area contributed by atoms with Gasteiger partial charge in [-0.1, -0.05) is 76.5 Å². The van der Waals surface area contributed by atoms with Gasteiger partial charge in [-0.15, -0.1) is 0 Å². The normalized spacial score (nSPS) is 47.4. The minimum atomic E-state index is -0.218. The molecule has 10 rings (SSSR count). The van der Waals surface area contributed by atoms with Gasteiger partial charge in [0.2, 0.25) is 0 Å². The van der Waals surface area contributed by atoms with Crippen molar-refractivity contribution in [3.05, 3.63) is 65.5 Å². The van der Waals surface area contributed by atoms with Crippen molar-refractivity contribution in [2.45, 2.75) is 148 Å². The van der Waals surface area contributed by atoms with Gasteiger partial charge in [0, 0.05) is 46.5 Å². The molecule has 2 bridgehead atoms. The molecule has 1 spiro atoms. The standard InChI is InChI=1S/C52H76N3O4/c1-34(2)36(4)52-24-23-48(7)39-19-20-43-47(6)32-57-37(5)51(43,40(39)21-22-50(48)31-42(59-52)45(50)52)30-35(3)44(46(47)58-33-49(53-8)25-28-56-29-26-49)55(9)41(18-14-11-15-27-54-55)38-16-12-10-13-17-38/h10,12-13,16-18,21,27,31,34-37,39,43-46,53H,11,14-15,19-20,22-26,28-30,32-33H2,1-9H3/q+1. The molecule has 14 unspecified atom stereocenters. The van der Waals surface area contributed by atoms with Gasteiger partial charge >= 0.3 is 0 Å². The number of allylic oxidation sites excluding steroid dienone is 3. The average molecular weight is 807 g/mol. The lowest BCUT2D eigenvalue weighted by Crippen LogP contribution is -2.76. The zero-order valence-electron chi connectivity index (χ0n) is 38.0. The van der Waals surface area contributed by atoms with Crippen LogP contribution in [0.25, 0.3) is 5.70 Å². The van der Waals surface area contributed by atoms with Crippen LogP contribution in [-0.4, -0.2) is 80.7 Å². The molecule has 1 N–H and O–H groups in total. The highest BCUT2D eigenvalue weighted by molar-refractivity contribution is 5.63. The van der Waals surface area contributed by atoms with Gasteiger partial charge in [-0.25, -0.2) is 0 Å². The van der Waals surface area contributed by atoms with Crippen molar-refractivity contribution < 1.29 is 23.5 Å². The number of rotatable bonds is 8. The van der Waals surface area contributed by atoms with Crippen LogP contribution in [0.3, 0.4) is 0 Å². The zero-order chi connectivity index (χ0) is 41.2. The van der Waals surface area contributed by atoms with Crippen LogP contribution in [0.2, 0.25) is 0 Å². The summed E-state index contributed by atoms with van der Waals surface area (Å²) in [5.41, 5.74) is 4.38. The number of hydrogen-bond acceptors (Lipinski definition) is 6. The summed E-state index contributed by atoms with van der Waals surface area (Å²) in [6.07, 6.45) is 22.6. The Hall–Kier alpha value is -2.29. The second-order valence-corrected chi connectivity index (χ2v) is 22.3. The minimum absolute atomic E-state index is 0.0115. The molecule has 7 nitrogen and oxygen atoms in total. The van der Waals surface area contributed by atoms with Gasteiger partial charge in [-0.05, 0) is 138 Å². The van der Waals surface area contributed by atoms with Crippen molar-refractivity contribution in [3.8, 4) is 0 Å². The average Bonchev–Trinajstić information content (AvgIpc) is 3.27. The van der Waals surface area contributed by atoms with Gasteiger partial charge in [0.25, 0.3) is 0 Å². The van der Waals surface area contributed by atoms with E-state index in [-0.39, 0.29) is 51.0 Å². The molecule has 1 aromatic carbocycles. The maximum Gasteiger partial charge on any atom is 0.162 e. The fourth-order valence-electron chi connectivity index (χ4n) is 16.3. The third-order valence-corrected chi connectivity index (χ3v) is 19.8. The van der Waals surface area contributed by atoms with Crippen LogP contribution in [0.5, 0.6) is 0 Å². The number of nitrogens with one attached hydrogen (secondary N) is 1. The fourth-order valence-corrected chi connectivity index (χ4v) is 16.3. The van der Waals surface area contributed by atoms with Crippen molar-refractivity contribution in [2.75, 3.05) is 40.5 Å². The largest absolute Gasteiger partial charge is 0.490 e. The maximum atomic E-state index is 7.82. The number of ether oxygens (including phenoxy) is 4. The third-order valence-electron chi connectivity index (χ3n) is 19.8. The van der Waals surface area contributed by atoms with Crippen LogP contribution in [0.15, 0.2) is 65.0 Å². The zero-order valence-corrected chi connectivity index (χ0v) is 38.0. The molecular formula is C52H76N3O4+. The number of hydrogen-bond donors (Lipinski definition) is 1. The lowest BCUT2D eigenvalue weighted by molar-refractivity contribution is -0.882. The molecule has 59 heavy (non-hydrogen) atoms. The van der Waals surface area contributed by atoms with E-state index in [1.54, 1.807) is 5.57 Å². The van der Waals surface area contributed by atoms with E-state index in [9.17, 15) is 0 Å². The maximum absolute atomic E-state index is 7.82. The van der Waals surface area contributed by atoms with Crippen LogP contribution < -0.4 is 5.32 Å². The van der Waals surface area contributed by atoms with Crippen molar-refractivity contribution in [1.82, 2.24) is 5.32 Å². The molecule has 9 aliphatic rings. The molecule has 4 heterocycles. The van der Waals surface area contributed by atoms with E-state index >= 15 is 0 Å². The smallest absolute Gasteiger partial charge is 0.162 e. The van der Waals surface area contributed by atoms with E-state index in [4.69, 9.17) is 24.0 Å². The second kappa shape index (κ2) is 14.1. The van der Waals surface area contributed by atoms with E-state index in [1.807, 2.05) is 0 Å². The number of benzene rings is 1. The Labute approximate surface area is 356 Å². The molecule has 1 aromatic rings. The lowest BCUT2D eigenvalue weighted by Gasteiger charge is -2.77. The molecular weight excluding hydrogens is 731 g/mol. The Bertz CT molecular complexity index is 1920. The topological polar surface area (TPSA) is 61.3 Å². The van der Waals surface area contributed by atoms with Gasteiger partial charge < -0.3 is 24.3 Å². The highest BCUT2D eigenvalue weighted by atomic mass is 16.5. The summed E-state index contributed by atoms with van der Waals surface area (Å²) in [6.45, 7) is 20.6. The molecule has 322 valence electrons. The van der Waals surface area contributed by atoms with Crippen molar-refractivity contribution in [1.29, 1.82) is 0 Å². The Kier molecular flexibility index (Phi) is 9.75. The molecule has 0 radical (unpaired) electrons.